The molecule has 2 aromatic carbocycles. The maximum atomic E-state index is 4.58. The third-order valence-electron chi connectivity index (χ3n) is 3.54. The van der Waals surface area contributed by atoms with Crippen molar-refractivity contribution in [3.63, 3.8) is 0 Å². The highest BCUT2D eigenvalue weighted by atomic mass is 32.2. The van der Waals surface area contributed by atoms with Crippen molar-refractivity contribution in [3.05, 3.63) is 65.7 Å². The summed E-state index contributed by atoms with van der Waals surface area (Å²) in [5, 5.41) is 0.310. The van der Waals surface area contributed by atoms with Crippen LogP contribution in [-0.2, 0) is 0 Å². The molecule has 2 aromatic rings. The topological polar surface area (TPSA) is 24.7 Å². The number of thioether (sulfide) groups is 1. The molecule has 0 saturated heterocycles. The molecule has 2 heterocycles. The SMILES string of the molecule is C1=NC2c3ccccc3SC2C(c2ccccc2)=N1. The summed E-state index contributed by atoms with van der Waals surface area (Å²) in [5.41, 5.74) is 3.67. The standard InChI is InChI=1S/C16H12N2S/c1-2-6-11(7-3-1)14-16-15(18-10-17-14)12-8-4-5-9-13(12)19-16/h1-10,15-16H. The maximum Gasteiger partial charge on any atom is 0.111 e. The van der Waals surface area contributed by atoms with E-state index in [2.05, 4.69) is 58.5 Å². The molecule has 0 bridgehead atoms. The second-order valence-electron chi connectivity index (χ2n) is 4.67. The fourth-order valence-electron chi connectivity index (χ4n) is 2.65. The summed E-state index contributed by atoms with van der Waals surface area (Å²) in [7, 11) is 0. The van der Waals surface area contributed by atoms with E-state index in [0.29, 0.717) is 5.25 Å². The number of fused-ring (bicyclic) bond motifs is 3. The number of nitrogens with zero attached hydrogens (tertiary/aromatic N) is 2. The molecule has 0 saturated carbocycles. The zero-order valence-electron chi connectivity index (χ0n) is 10.2. The van der Waals surface area contributed by atoms with Gasteiger partial charge in [0.25, 0.3) is 0 Å². The van der Waals surface area contributed by atoms with Crippen LogP contribution < -0.4 is 0 Å². The summed E-state index contributed by atoms with van der Waals surface area (Å²) < 4.78 is 0. The summed E-state index contributed by atoms with van der Waals surface area (Å²) >= 11 is 1.88. The number of rotatable bonds is 1. The van der Waals surface area contributed by atoms with E-state index in [-0.39, 0.29) is 6.04 Å². The highest BCUT2D eigenvalue weighted by Crippen LogP contribution is 2.48. The summed E-state index contributed by atoms with van der Waals surface area (Å²) in [6, 6.07) is 19.2. The molecule has 2 unspecified atom stereocenters. The molecule has 2 aliphatic rings. The zero-order valence-corrected chi connectivity index (χ0v) is 11.0. The predicted molar refractivity (Wildman–Crippen MR) is 80.3 cm³/mol. The highest BCUT2D eigenvalue weighted by molar-refractivity contribution is 8.01. The number of aliphatic imine (C=N–C) groups is 2. The molecule has 0 fully saturated rings. The Morgan fingerprint density at radius 2 is 1.68 bits per heavy atom. The Labute approximate surface area is 116 Å². The van der Waals surface area contributed by atoms with Gasteiger partial charge in [0.15, 0.2) is 0 Å². The Morgan fingerprint density at radius 3 is 2.58 bits per heavy atom. The van der Waals surface area contributed by atoms with Crippen molar-refractivity contribution in [1.82, 2.24) is 0 Å². The fourth-order valence-corrected chi connectivity index (χ4v) is 4.06. The minimum absolute atomic E-state index is 0.217. The van der Waals surface area contributed by atoms with Gasteiger partial charge in [0, 0.05) is 4.90 Å². The van der Waals surface area contributed by atoms with Crippen LogP contribution in [0.4, 0.5) is 0 Å². The lowest BCUT2D eigenvalue weighted by atomic mass is 9.97. The van der Waals surface area contributed by atoms with Crippen molar-refractivity contribution in [3.8, 4) is 0 Å². The van der Waals surface area contributed by atoms with E-state index in [1.165, 1.54) is 16.0 Å². The maximum absolute atomic E-state index is 4.58. The van der Waals surface area contributed by atoms with E-state index in [0.717, 1.165) is 5.71 Å². The first kappa shape index (κ1) is 11.0. The largest absolute Gasteiger partial charge is 0.264 e. The van der Waals surface area contributed by atoms with E-state index in [1.54, 1.807) is 6.34 Å². The molecular weight excluding hydrogens is 252 g/mol. The number of hydrogen-bond donors (Lipinski definition) is 0. The van der Waals surface area contributed by atoms with Gasteiger partial charge in [-0.15, -0.1) is 11.8 Å². The lowest BCUT2D eigenvalue weighted by Gasteiger charge is -2.21. The number of hydrogen-bond acceptors (Lipinski definition) is 3. The van der Waals surface area contributed by atoms with Gasteiger partial charge in [0.1, 0.15) is 6.34 Å². The Morgan fingerprint density at radius 1 is 0.895 bits per heavy atom. The van der Waals surface area contributed by atoms with E-state index < -0.39 is 0 Å². The monoisotopic (exact) mass is 264 g/mol. The second-order valence-corrected chi connectivity index (χ2v) is 5.85. The molecular formula is C16H12N2S. The minimum atomic E-state index is 0.217. The third-order valence-corrected chi connectivity index (χ3v) is 4.90. The molecule has 4 rings (SSSR count). The van der Waals surface area contributed by atoms with Crippen LogP contribution in [0.5, 0.6) is 0 Å². The van der Waals surface area contributed by atoms with Crippen molar-refractivity contribution >= 4 is 23.8 Å². The van der Waals surface area contributed by atoms with Crippen LogP contribution in [0.2, 0.25) is 0 Å². The van der Waals surface area contributed by atoms with Crippen LogP contribution in [-0.4, -0.2) is 17.3 Å². The molecule has 0 N–H and O–H groups in total. The van der Waals surface area contributed by atoms with Crippen molar-refractivity contribution in [2.75, 3.05) is 0 Å². The molecule has 0 radical (unpaired) electrons. The molecule has 2 nitrogen and oxygen atoms in total. The van der Waals surface area contributed by atoms with E-state index in [9.17, 15) is 0 Å². The van der Waals surface area contributed by atoms with Crippen LogP contribution in [0.3, 0.4) is 0 Å². The minimum Gasteiger partial charge on any atom is -0.264 e. The van der Waals surface area contributed by atoms with E-state index in [1.807, 2.05) is 17.8 Å². The molecule has 2 atom stereocenters. The number of benzene rings is 2. The normalized spacial score (nSPS) is 23.7. The first-order valence-electron chi connectivity index (χ1n) is 6.34. The Kier molecular flexibility index (Phi) is 2.52. The molecule has 92 valence electrons. The summed E-state index contributed by atoms with van der Waals surface area (Å²) in [4.78, 5) is 10.4. The Hall–Kier alpha value is -1.87. The van der Waals surface area contributed by atoms with Crippen LogP contribution >= 0.6 is 11.8 Å². The molecule has 3 heteroatoms. The fraction of sp³-hybridized carbons (Fsp3) is 0.125. The Bertz CT molecular complexity index is 676. The lowest BCUT2D eigenvalue weighted by Crippen LogP contribution is -2.24. The van der Waals surface area contributed by atoms with E-state index in [4.69, 9.17) is 0 Å². The summed E-state index contributed by atoms with van der Waals surface area (Å²) in [5.74, 6) is 0. The molecule has 0 aromatic heterocycles. The quantitative estimate of drug-likeness (QED) is 0.770. The van der Waals surface area contributed by atoms with Gasteiger partial charge in [0.05, 0.1) is 17.0 Å². The van der Waals surface area contributed by atoms with Crippen LogP contribution in [0.1, 0.15) is 17.2 Å². The van der Waals surface area contributed by atoms with Crippen molar-refractivity contribution in [2.24, 2.45) is 9.98 Å². The molecule has 2 aliphatic heterocycles. The lowest BCUT2D eigenvalue weighted by molar-refractivity contribution is 0.779. The van der Waals surface area contributed by atoms with Crippen molar-refractivity contribution < 1.29 is 0 Å². The third kappa shape index (κ3) is 1.73. The first-order valence-corrected chi connectivity index (χ1v) is 7.22. The van der Waals surface area contributed by atoms with Crippen molar-refractivity contribution in [1.29, 1.82) is 0 Å². The van der Waals surface area contributed by atoms with Gasteiger partial charge in [-0.25, -0.2) is 4.99 Å². The van der Waals surface area contributed by atoms with Gasteiger partial charge < -0.3 is 0 Å². The van der Waals surface area contributed by atoms with Crippen LogP contribution in [0.15, 0.2) is 69.5 Å². The van der Waals surface area contributed by atoms with Crippen molar-refractivity contribution in [2.45, 2.75) is 16.2 Å². The average Bonchev–Trinajstić information content (AvgIpc) is 2.87. The van der Waals surface area contributed by atoms with E-state index >= 15 is 0 Å². The van der Waals surface area contributed by atoms with Gasteiger partial charge in [-0.2, -0.15) is 0 Å². The second kappa shape index (κ2) is 4.35. The smallest absolute Gasteiger partial charge is 0.111 e. The predicted octanol–water partition coefficient (Wildman–Crippen LogP) is 3.73. The molecule has 0 amide bonds. The highest BCUT2D eigenvalue weighted by Gasteiger charge is 2.37. The summed E-state index contributed by atoms with van der Waals surface area (Å²) in [6.07, 6.45) is 1.71. The van der Waals surface area contributed by atoms with Gasteiger partial charge in [-0.1, -0.05) is 48.5 Å². The molecule has 0 spiro atoms. The summed E-state index contributed by atoms with van der Waals surface area (Å²) in [6.45, 7) is 0. The first-order chi connectivity index (χ1) is 9.43. The van der Waals surface area contributed by atoms with Gasteiger partial charge in [0.2, 0.25) is 0 Å². The molecule has 19 heavy (non-hydrogen) atoms. The van der Waals surface area contributed by atoms with Crippen LogP contribution in [0.25, 0.3) is 0 Å². The Balaban J connectivity index is 1.79. The van der Waals surface area contributed by atoms with Crippen LogP contribution in [0, 0.1) is 0 Å². The molecule has 0 aliphatic carbocycles. The van der Waals surface area contributed by atoms with Gasteiger partial charge >= 0.3 is 0 Å². The van der Waals surface area contributed by atoms with Gasteiger partial charge in [-0.3, -0.25) is 4.99 Å². The average molecular weight is 264 g/mol. The van der Waals surface area contributed by atoms with Gasteiger partial charge in [-0.05, 0) is 17.2 Å². The zero-order chi connectivity index (χ0) is 12.7.